The van der Waals surface area contributed by atoms with E-state index in [9.17, 15) is 58.3 Å². The number of phosphoric ester groups is 1. The highest BCUT2D eigenvalue weighted by Crippen LogP contribution is 2.62. The number of aliphatic hydroxyl groups excluding tert-OH is 3. The molecule has 26 nitrogen and oxygen atoms in total. The first-order valence-corrected chi connectivity index (χ1v) is 28.4. The van der Waals surface area contributed by atoms with Crippen LogP contribution in [0, 0.1) is 45.3 Å². The Morgan fingerprint density at radius 2 is 1.38 bits per heavy atom. The molecule has 0 radical (unpaired) electrons. The summed E-state index contributed by atoms with van der Waals surface area (Å²) in [4.78, 5) is 120. The topological polar surface area (TPSA) is 462 Å². The number of fused-ring (bicyclic) bond motifs is 6. The summed E-state index contributed by atoms with van der Waals surface area (Å²) in [5.41, 5.74) is 33.9. The lowest BCUT2D eigenvalue weighted by Gasteiger charge is -2.48. The van der Waals surface area contributed by atoms with Gasteiger partial charge in [0.2, 0.25) is 41.4 Å². The Hall–Kier alpha value is -5.73. The van der Waals surface area contributed by atoms with Crippen LogP contribution in [0.15, 0.2) is 49.3 Å². The first-order valence-electron chi connectivity index (χ1n) is 26.9. The number of carbonyl (C=O) groups is 7. The Bertz CT molecular complexity index is 2800. The molecular formula is C53H82N11O15P. The van der Waals surface area contributed by atoms with Crippen LogP contribution in [0.1, 0.15) is 133 Å². The summed E-state index contributed by atoms with van der Waals surface area (Å²) < 4.78 is 28.4. The van der Waals surface area contributed by atoms with Gasteiger partial charge in [0.1, 0.15) is 18.3 Å². The maximum atomic E-state index is 14.1. The molecule has 0 spiro atoms. The van der Waals surface area contributed by atoms with Gasteiger partial charge in [0, 0.05) is 131 Å². The monoisotopic (exact) mass is 1140 g/mol. The van der Waals surface area contributed by atoms with Crippen molar-refractivity contribution in [3.8, 4) is 0 Å². The van der Waals surface area contributed by atoms with Gasteiger partial charge in [0.25, 0.3) is 0 Å². The summed E-state index contributed by atoms with van der Waals surface area (Å²) in [6, 6.07) is -1.04. The third kappa shape index (κ3) is 12.4. The van der Waals surface area contributed by atoms with Gasteiger partial charge in [-0.15, -0.1) is 0 Å². The number of amides is 7. The summed E-state index contributed by atoms with van der Waals surface area (Å²) in [6.45, 7) is 15.2. The van der Waals surface area contributed by atoms with Gasteiger partial charge in [-0.2, -0.15) is 0 Å². The van der Waals surface area contributed by atoms with Crippen LogP contribution in [-0.4, -0.2) is 134 Å². The number of primary amides is 6. The van der Waals surface area contributed by atoms with Crippen LogP contribution in [0.2, 0.25) is 0 Å². The van der Waals surface area contributed by atoms with E-state index in [0.29, 0.717) is 45.4 Å². The van der Waals surface area contributed by atoms with Crippen LogP contribution in [0.25, 0.3) is 0 Å². The highest BCUT2D eigenvalue weighted by atomic mass is 31.2. The van der Waals surface area contributed by atoms with E-state index in [4.69, 9.17) is 63.2 Å². The van der Waals surface area contributed by atoms with Crippen molar-refractivity contribution in [2.75, 3.05) is 13.2 Å². The molecule has 6 rings (SSSR count). The molecule has 2 saturated heterocycles. The van der Waals surface area contributed by atoms with Gasteiger partial charge >= 0.3 is 7.82 Å². The number of nitrogens with one attached hydrogen (secondary N) is 2. The van der Waals surface area contributed by atoms with Gasteiger partial charge < -0.3 is 70.0 Å². The maximum absolute atomic E-state index is 14.1. The van der Waals surface area contributed by atoms with E-state index in [1.807, 2.05) is 54.5 Å². The van der Waals surface area contributed by atoms with Gasteiger partial charge in [-0.3, -0.25) is 57.6 Å². The fourth-order valence-corrected chi connectivity index (χ4v) is 14.9. The van der Waals surface area contributed by atoms with Crippen LogP contribution in [-0.2, 0) is 51.9 Å². The van der Waals surface area contributed by atoms with Gasteiger partial charge in [-0.1, -0.05) is 34.6 Å². The summed E-state index contributed by atoms with van der Waals surface area (Å²) in [5, 5.41) is 36.1. The largest absolute Gasteiger partial charge is 0.472 e. The van der Waals surface area contributed by atoms with Gasteiger partial charge in [0.15, 0.2) is 6.29 Å². The van der Waals surface area contributed by atoms with E-state index in [1.165, 1.54) is 6.92 Å². The molecule has 6 aliphatic rings. The number of hydrogen-bond acceptors (Lipinski definition) is 18. The third-order valence-electron chi connectivity index (χ3n) is 18.1. The summed E-state index contributed by atoms with van der Waals surface area (Å²) in [6.07, 6.45) is -6.79. The Balaban J connectivity index is 1.57. The SMILES string of the molecule is C/C1=C2N=C(/C=C3\N/C(=C(/C)C4=NC(C)(C5N=C1[C@](C)(CCC(=O)NCC(C)OP(=O)(O)O[C@H]1[C@@H](O)[C@@H](O)O[C@@H]1CO)C5CC(N)=O)[C@@](C)(CC(N)=O)[C@@H]4CCC(N)=O)[C@@](C)(CC(N)=O)[C@@H]3CCC(N)=O)C(C)(C)[C@@H]/2CCC(N)=O. The Kier molecular flexibility index (Phi) is 18.7. The molecule has 18 N–H and O–H groups in total. The number of carbonyl (C=O) groups excluding carboxylic acids is 7. The first-order chi connectivity index (χ1) is 37.0. The minimum absolute atomic E-state index is 0.0156. The van der Waals surface area contributed by atoms with Crippen LogP contribution in [0.3, 0.4) is 0 Å². The fourth-order valence-electron chi connectivity index (χ4n) is 13.7. The number of rotatable bonds is 25. The lowest BCUT2D eigenvalue weighted by molar-refractivity contribution is -0.133. The molecule has 80 heavy (non-hydrogen) atoms. The van der Waals surface area contributed by atoms with Crippen LogP contribution in [0.5, 0.6) is 0 Å². The van der Waals surface area contributed by atoms with E-state index in [0.717, 1.165) is 0 Å². The van der Waals surface area contributed by atoms with Crippen molar-refractivity contribution in [2.45, 2.75) is 175 Å². The standard InChI is InChI=1S/C53H82N11O15P/c1-24(78-80(75,76)79-44-32(23-65)77-48(74)43(44)73)22-60-40(72)16-17-50(6)30(18-37(57)69)47-53(9)52(8,21-39(59)71)29(12-15-36(56)68)42(64-53)26(3)46-51(7,20-38(58)70)27(10-13-34(54)66)31(61-46)19-33-49(4,5)28(11-14-35(55)67)41(62-33)25(2)45(50)63-47/h19,24,27-30,32,43-44,47-48,61,65,73-74H,10-18,20-23H2,1-9H3,(H2,54,66)(H2,55,67)(H2,56,68)(H2,57,69)(H2,58,70)(H2,59,71)(H,60,72)(H,75,76)/b31-19-,41-25-,46-26-/t24?,27-,28-,29-,30?,32-,43-,44-,47?,48+,50-,51+,52+,53?/m1/s1. The molecule has 15 atom stereocenters. The molecule has 5 unspecified atom stereocenters. The second-order valence-corrected chi connectivity index (χ2v) is 25.4. The summed E-state index contributed by atoms with van der Waals surface area (Å²) in [5.74, 6) is -7.21. The molecule has 27 heteroatoms. The molecule has 0 aromatic heterocycles. The lowest BCUT2D eigenvalue weighted by atomic mass is 9.55. The van der Waals surface area contributed by atoms with Crippen LogP contribution in [0.4, 0.5) is 0 Å². The number of nitrogens with two attached hydrogens (primary N) is 6. The molecule has 7 amide bonds. The number of ether oxygens (including phenoxy) is 1. The molecule has 6 heterocycles. The Morgan fingerprint density at radius 3 is 1.93 bits per heavy atom. The zero-order valence-corrected chi connectivity index (χ0v) is 48.0. The highest BCUT2D eigenvalue weighted by Gasteiger charge is 2.66. The van der Waals surface area contributed by atoms with Crippen molar-refractivity contribution in [1.82, 2.24) is 10.6 Å². The minimum atomic E-state index is -5.01. The maximum Gasteiger partial charge on any atom is 0.472 e. The van der Waals surface area contributed by atoms with E-state index < -0.39 is 143 Å². The van der Waals surface area contributed by atoms with E-state index >= 15 is 0 Å². The van der Waals surface area contributed by atoms with Gasteiger partial charge in [-0.05, 0) is 70.6 Å². The van der Waals surface area contributed by atoms with Crippen molar-refractivity contribution in [1.29, 1.82) is 0 Å². The molecule has 2 fully saturated rings. The minimum Gasteiger partial charge on any atom is -0.394 e. The number of aliphatic imine (C=N–C) groups is 3. The van der Waals surface area contributed by atoms with Crippen molar-refractivity contribution in [3.05, 3.63) is 34.3 Å². The highest BCUT2D eigenvalue weighted by molar-refractivity contribution is 7.47. The second kappa shape index (κ2) is 23.6. The molecule has 444 valence electrons. The zero-order chi connectivity index (χ0) is 60.0. The molecule has 6 aliphatic heterocycles. The number of allylic oxidation sites excluding steroid dienone is 6. The normalized spacial score (nSPS) is 36.9. The molecule has 0 aromatic carbocycles. The summed E-state index contributed by atoms with van der Waals surface area (Å²) in [7, 11) is -5.01. The molecule has 0 aromatic rings. The van der Waals surface area contributed by atoms with Crippen molar-refractivity contribution < 1.29 is 72.1 Å². The zero-order valence-electron chi connectivity index (χ0n) is 47.1. The quantitative estimate of drug-likeness (QED) is 0.0548. The van der Waals surface area contributed by atoms with E-state index in [-0.39, 0.29) is 77.2 Å². The van der Waals surface area contributed by atoms with Gasteiger partial charge in [-0.25, -0.2) is 4.57 Å². The number of hydrogen-bond donors (Lipinski definition) is 12. The molecule has 0 aliphatic carbocycles. The van der Waals surface area contributed by atoms with Crippen LogP contribution >= 0.6 is 7.82 Å². The summed E-state index contributed by atoms with van der Waals surface area (Å²) >= 11 is 0. The van der Waals surface area contributed by atoms with E-state index in [1.54, 1.807) is 6.92 Å². The molecular weight excluding hydrogens is 1060 g/mol. The van der Waals surface area contributed by atoms with Gasteiger partial charge in [0.05, 0.1) is 24.3 Å². The van der Waals surface area contributed by atoms with E-state index in [2.05, 4.69) is 10.6 Å². The molecule has 8 bridgehead atoms. The lowest BCUT2D eigenvalue weighted by Crippen LogP contribution is -2.56. The smallest absolute Gasteiger partial charge is 0.394 e. The number of phosphoric acid groups is 1. The average Bonchev–Trinajstić information content (AvgIpc) is 4.19. The second-order valence-electron chi connectivity index (χ2n) is 24.0. The average molecular weight is 1140 g/mol. The Morgan fingerprint density at radius 1 is 0.800 bits per heavy atom. The first kappa shape index (κ1) is 63.5. The van der Waals surface area contributed by atoms with Crippen LogP contribution < -0.4 is 45.0 Å². The number of aliphatic hydroxyl groups is 3. The van der Waals surface area contributed by atoms with Crippen molar-refractivity contribution >= 4 is 66.3 Å². The molecule has 0 saturated carbocycles. The fraction of sp³-hybridized carbons (Fsp3) is 0.698. The number of nitrogens with zero attached hydrogens (tertiary/aromatic N) is 3. The predicted molar refractivity (Wildman–Crippen MR) is 291 cm³/mol. The third-order valence-corrected chi connectivity index (χ3v) is 19.3. The Labute approximate surface area is 465 Å². The predicted octanol–water partition coefficient (Wildman–Crippen LogP) is 0.316. The van der Waals surface area contributed by atoms with Crippen molar-refractivity contribution in [3.63, 3.8) is 0 Å². The van der Waals surface area contributed by atoms with Crippen molar-refractivity contribution in [2.24, 2.45) is 94.7 Å².